The zero-order valence-corrected chi connectivity index (χ0v) is 10.5. The van der Waals surface area contributed by atoms with Crippen molar-refractivity contribution in [3.63, 3.8) is 0 Å². The van der Waals surface area contributed by atoms with Crippen molar-refractivity contribution in [3.05, 3.63) is 23.8 Å². The number of benzene rings is 1. The third-order valence-electron chi connectivity index (χ3n) is 2.34. The maximum atomic E-state index is 13.4. The predicted octanol–water partition coefficient (Wildman–Crippen LogP) is 0.596. The smallest absolute Gasteiger partial charge is 0.244 e. The maximum Gasteiger partial charge on any atom is 0.244 e. The van der Waals surface area contributed by atoms with Gasteiger partial charge >= 0.3 is 0 Å². The molecule has 8 heteroatoms. The third kappa shape index (κ3) is 3.15. The Morgan fingerprint density at radius 1 is 1.44 bits per heavy atom. The molecule has 4 N–H and O–H groups in total. The van der Waals surface area contributed by atoms with Gasteiger partial charge in [-0.3, -0.25) is 0 Å². The highest BCUT2D eigenvalue weighted by Gasteiger charge is 2.24. The summed E-state index contributed by atoms with van der Waals surface area (Å²) in [6.07, 6.45) is 0.308. The van der Waals surface area contributed by atoms with Crippen molar-refractivity contribution in [2.45, 2.75) is 24.3 Å². The summed E-state index contributed by atoms with van der Waals surface area (Å²) in [5, 5.41) is 8.90. The Morgan fingerprint density at radius 2 is 2.06 bits per heavy atom. The largest absolute Gasteiger partial charge is 0.399 e. The number of anilines is 1. The van der Waals surface area contributed by atoms with Crippen molar-refractivity contribution in [2.75, 3.05) is 12.3 Å². The number of aliphatic hydroxyl groups excluding tert-OH is 1. The molecule has 1 atom stereocenters. The van der Waals surface area contributed by atoms with Crippen LogP contribution in [0.25, 0.3) is 0 Å². The molecule has 0 saturated carbocycles. The zero-order chi connectivity index (χ0) is 13.9. The molecule has 0 aliphatic carbocycles. The highest BCUT2D eigenvalue weighted by molar-refractivity contribution is 7.89. The van der Waals surface area contributed by atoms with Crippen LogP contribution in [0.2, 0.25) is 0 Å². The molecular formula is C10H14F2N2O3S. The van der Waals surface area contributed by atoms with Gasteiger partial charge in [0.2, 0.25) is 10.0 Å². The number of nitrogens with one attached hydrogen (secondary N) is 1. The van der Waals surface area contributed by atoms with Crippen molar-refractivity contribution in [3.8, 4) is 0 Å². The van der Waals surface area contributed by atoms with E-state index in [0.29, 0.717) is 12.5 Å². The second kappa shape index (κ2) is 5.59. The summed E-state index contributed by atoms with van der Waals surface area (Å²) in [4.78, 5) is -0.869. The first-order chi connectivity index (χ1) is 8.31. The minimum Gasteiger partial charge on any atom is -0.399 e. The summed E-state index contributed by atoms with van der Waals surface area (Å²) < 4.78 is 52.2. The lowest BCUT2D eigenvalue weighted by molar-refractivity contribution is 0.253. The first-order valence-corrected chi connectivity index (χ1v) is 6.67. The molecule has 0 saturated heterocycles. The standard InChI is InChI=1S/C10H14F2N2O3S/c1-2-7(5-15)14-18(16,17)9-4-6(13)3-8(11)10(9)12/h3-4,7,14-15H,2,5,13H2,1H3/t7-/m0/s1. The summed E-state index contributed by atoms with van der Waals surface area (Å²) in [6, 6.07) is 0.751. The van der Waals surface area contributed by atoms with E-state index < -0.39 is 39.2 Å². The van der Waals surface area contributed by atoms with E-state index in [1.165, 1.54) is 0 Å². The molecule has 0 spiro atoms. The SMILES string of the molecule is CC[C@@H](CO)NS(=O)(=O)c1cc(N)cc(F)c1F. The van der Waals surface area contributed by atoms with E-state index in [-0.39, 0.29) is 5.69 Å². The summed E-state index contributed by atoms with van der Waals surface area (Å²) in [5.74, 6) is -2.84. The Labute approximate surface area is 104 Å². The predicted molar refractivity (Wildman–Crippen MR) is 62.3 cm³/mol. The molecule has 0 aliphatic rings. The van der Waals surface area contributed by atoms with Gasteiger partial charge in [-0.2, -0.15) is 0 Å². The van der Waals surface area contributed by atoms with E-state index in [1.807, 2.05) is 0 Å². The summed E-state index contributed by atoms with van der Waals surface area (Å²) in [6.45, 7) is 1.20. The van der Waals surface area contributed by atoms with Crippen molar-refractivity contribution in [1.29, 1.82) is 0 Å². The van der Waals surface area contributed by atoms with Crippen LogP contribution in [0.5, 0.6) is 0 Å². The van der Waals surface area contributed by atoms with Crippen LogP contribution in [0.15, 0.2) is 17.0 Å². The zero-order valence-electron chi connectivity index (χ0n) is 9.65. The summed E-state index contributed by atoms with van der Waals surface area (Å²) in [7, 11) is -4.26. The summed E-state index contributed by atoms with van der Waals surface area (Å²) in [5.41, 5.74) is 5.07. The first kappa shape index (κ1) is 14.8. The van der Waals surface area contributed by atoms with Gasteiger partial charge < -0.3 is 10.8 Å². The Balaban J connectivity index is 3.20. The number of hydrogen-bond acceptors (Lipinski definition) is 4. The van der Waals surface area contributed by atoms with Crippen LogP contribution in [0.1, 0.15) is 13.3 Å². The molecule has 0 radical (unpaired) electrons. The molecular weight excluding hydrogens is 266 g/mol. The Bertz CT molecular complexity index is 530. The maximum absolute atomic E-state index is 13.4. The highest BCUT2D eigenvalue weighted by Crippen LogP contribution is 2.21. The van der Waals surface area contributed by atoms with Gasteiger partial charge in [0, 0.05) is 11.7 Å². The van der Waals surface area contributed by atoms with E-state index in [4.69, 9.17) is 10.8 Å². The molecule has 18 heavy (non-hydrogen) atoms. The lowest BCUT2D eigenvalue weighted by Gasteiger charge is -2.15. The topological polar surface area (TPSA) is 92.4 Å². The molecule has 102 valence electrons. The quantitative estimate of drug-likeness (QED) is 0.688. The fourth-order valence-corrected chi connectivity index (χ4v) is 2.74. The van der Waals surface area contributed by atoms with Crippen LogP contribution in [-0.2, 0) is 10.0 Å². The fraction of sp³-hybridized carbons (Fsp3) is 0.400. The number of nitrogen functional groups attached to an aromatic ring is 1. The second-order valence-corrected chi connectivity index (χ2v) is 5.41. The third-order valence-corrected chi connectivity index (χ3v) is 3.86. The fourth-order valence-electron chi connectivity index (χ4n) is 1.31. The number of rotatable bonds is 5. The van der Waals surface area contributed by atoms with E-state index in [1.54, 1.807) is 6.92 Å². The average molecular weight is 280 g/mol. The summed E-state index contributed by atoms with van der Waals surface area (Å²) >= 11 is 0. The van der Waals surface area contributed by atoms with E-state index in [2.05, 4.69) is 4.72 Å². The number of hydrogen-bond donors (Lipinski definition) is 3. The first-order valence-electron chi connectivity index (χ1n) is 5.19. The van der Waals surface area contributed by atoms with Crippen molar-refractivity contribution >= 4 is 15.7 Å². The molecule has 1 rings (SSSR count). The minimum atomic E-state index is -4.26. The van der Waals surface area contributed by atoms with Gasteiger partial charge in [-0.15, -0.1) is 0 Å². The van der Waals surface area contributed by atoms with Gasteiger partial charge in [-0.25, -0.2) is 21.9 Å². The highest BCUT2D eigenvalue weighted by atomic mass is 32.2. The number of halogens is 2. The normalized spacial score (nSPS) is 13.6. The lowest BCUT2D eigenvalue weighted by atomic mass is 10.3. The molecule has 0 unspecified atom stereocenters. The number of nitrogens with two attached hydrogens (primary N) is 1. The monoisotopic (exact) mass is 280 g/mol. The van der Waals surface area contributed by atoms with Gasteiger partial charge in [0.05, 0.1) is 6.61 Å². The van der Waals surface area contributed by atoms with Crippen molar-refractivity contribution in [2.24, 2.45) is 0 Å². The Morgan fingerprint density at radius 3 is 2.56 bits per heavy atom. The van der Waals surface area contributed by atoms with Gasteiger partial charge in [0.25, 0.3) is 0 Å². The van der Waals surface area contributed by atoms with Crippen LogP contribution >= 0.6 is 0 Å². The van der Waals surface area contributed by atoms with Crippen LogP contribution < -0.4 is 10.5 Å². The van der Waals surface area contributed by atoms with Gasteiger partial charge in [0.1, 0.15) is 4.90 Å². The van der Waals surface area contributed by atoms with Crippen LogP contribution in [0, 0.1) is 11.6 Å². The molecule has 0 fully saturated rings. The Hall–Kier alpha value is -1.25. The molecule has 1 aromatic carbocycles. The van der Waals surface area contributed by atoms with E-state index in [9.17, 15) is 17.2 Å². The molecule has 5 nitrogen and oxygen atoms in total. The van der Waals surface area contributed by atoms with E-state index in [0.717, 1.165) is 6.07 Å². The number of aliphatic hydroxyl groups is 1. The van der Waals surface area contributed by atoms with Crippen LogP contribution in [-0.4, -0.2) is 26.2 Å². The Kier molecular flexibility index (Phi) is 4.60. The molecule has 0 heterocycles. The van der Waals surface area contributed by atoms with E-state index >= 15 is 0 Å². The number of sulfonamides is 1. The van der Waals surface area contributed by atoms with Crippen molar-refractivity contribution < 1.29 is 22.3 Å². The van der Waals surface area contributed by atoms with Gasteiger partial charge in [-0.1, -0.05) is 6.92 Å². The van der Waals surface area contributed by atoms with Gasteiger partial charge in [0.15, 0.2) is 11.6 Å². The van der Waals surface area contributed by atoms with Crippen LogP contribution in [0.3, 0.4) is 0 Å². The molecule has 1 aromatic rings. The van der Waals surface area contributed by atoms with Crippen molar-refractivity contribution in [1.82, 2.24) is 4.72 Å². The lowest BCUT2D eigenvalue weighted by Crippen LogP contribution is -2.37. The molecule has 0 aromatic heterocycles. The molecule has 0 amide bonds. The van der Waals surface area contributed by atoms with Crippen LogP contribution in [0.4, 0.5) is 14.5 Å². The molecule has 0 bridgehead atoms. The minimum absolute atomic E-state index is 0.202. The molecule has 0 aliphatic heterocycles. The average Bonchev–Trinajstić information content (AvgIpc) is 2.30. The second-order valence-electron chi connectivity index (χ2n) is 3.72. The van der Waals surface area contributed by atoms with Gasteiger partial charge in [-0.05, 0) is 18.6 Å².